The zero-order valence-electron chi connectivity index (χ0n) is 12.2. The molecule has 0 aliphatic carbocycles. The molecule has 0 spiro atoms. The van der Waals surface area contributed by atoms with Gasteiger partial charge < -0.3 is 19.7 Å². The van der Waals surface area contributed by atoms with E-state index in [1.54, 1.807) is 4.90 Å². The van der Waals surface area contributed by atoms with Crippen LogP contribution in [0, 0.1) is 0 Å². The summed E-state index contributed by atoms with van der Waals surface area (Å²) in [5, 5.41) is 3.20. The van der Waals surface area contributed by atoms with Gasteiger partial charge in [0.25, 0.3) is 0 Å². The number of benzene rings is 1. The normalized spacial score (nSPS) is 20.1. The van der Waals surface area contributed by atoms with E-state index in [0.717, 1.165) is 44.6 Å². The summed E-state index contributed by atoms with van der Waals surface area (Å²) >= 11 is 0. The Morgan fingerprint density at radius 3 is 2.48 bits per heavy atom. The minimum Gasteiger partial charge on any atom is -0.445 e. The summed E-state index contributed by atoms with van der Waals surface area (Å²) in [5.41, 5.74) is 1.02. The van der Waals surface area contributed by atoms with Crippen LogP contribution in [0.15, 0.2) is 30.3 Å². The number of nitrogens with one attached hydrogen (secondary N) is 1. The van der Waals surface area contributed by atoms with E-state index in [2.05, 4.69) is 5.32 Å². The number of carbonyl (C=O) groups is 1. The minimum atomic E-state index is -0.220. The Morgan fingerprint density at radius 2 is 1.86 bits per heavy atom. The van der Waals surface area contributed by atoms with Crippen LogP contribution in [-0.4, -0.2) is 49.4 Å². The smallest absolute Gasteiger partial charge is 0.410 e. The van der Waals surface area contributed by atoms with Gasteiger partial charge in [-0.1, -0.05) is 30.3 Å². The van der Waals surface area contributed by atoms with Gasteiger partial charge in [0.05, 0.1) is 12.2 Å². The third-order valence-electron chi connectivity index (χ3n) is 4.03. The number of likely N-dealkylation sites (tertiary alicyclic amines) is 1. The van der Waals surface area contributed by atoms with Crippen molar-refractivity contribution in [3.8, 4) is 0 Å². The number of nitrogens with zero attached hydrogens (tertiary/aromatic N) is 1. The van der Waals surface area contributed by atoms with Gasteiger partial charge in [-0.3, -0.25) is 0 Å². The van der Waals surface area contributed by atoms with Crippen molar-refractivity contribution in [3.05, 3.63) is 35.9 Å². The molecule has 2 fully saturated rings. The SMILES string of the molecule is O=C(OCc1ccccc1)N1CCC(OC2CNC2)CC1. The molecule has 1 amide bonds. The van der Waals surface area contributed by atoms with Crippen molar-refractivity contribution < 1.29 is 14.3 Å². The van der Waals surface area contributed by atoms with Gasteiger partial charge in [-0.2, -0.15) is 0 Å². The summed E-state index contributed by atoms with van der Waals surface area (Å²) in [6, 6.07) is 9.76. The minimum absolute atomic E-state index is 0.220. The van der Waals surface area contributed by atoms with Crippen LogP contribution in [0.3, 0.4) is 0 Å². The number of carbonyl (C=O) groups excluding carboxylic acids is 1. The van der Waals surface area contributed by atoms with Crippen molar-refractivity contribution in [2.45, 2.75) is 31.7 Å². The van der Waals surface area contributed by atoms with Crippen LogP contribution in [0.5, 0.6) is 0 Å². The highest BCUT2D eigenvalue weighted by Crippen LogP contribution is 2.17. The van der Waals surface area contributed by atoms with Crippen molar-refractivity contribution >= 4 is 6.09 Å². The average Bonchev–Trinajstić information content (AvgIpc) is 2.50. The van der Waals surface area contributed by atoms with E-state index in [0.29, 0.717) is 12.7 Å². The maximum absolute atomic E-state index is 12.0. The quantitative estimate of drug-likeness (QED) is 0.918. The van der Waals surface area contributed by atoms with Gasteiger partial charge in [-0.05, 0) is 18.4 Å². The van der Waals surface area contributed by atoms with Gasteiger partial charge >= 0.3 is 6.09 Å². The molecule has 5 nitrogen and oxygen atoms in total. The maximum Gasteiger partial charge on any atom is 0.410 e. The molecule has 3 rings (SSSR count). The van der Waals surface area contributed by atoms with Gasteiger partial charge in [0, 0.05) is 26.2 Å². The van der Waals surface area contributed by atoms with E-state index in [1.165, 1.54) is 0 Å². The second kappa shape index (κ2) is 6.91. The Hall–Kier alpha value is -1.59. The zero-order valence-corrected chi connectivity index (χ0v) is 12.2. The average molecular weight is 290 g/mol. The number of piperidine rings is 1. The molecule has 0 aromatic heterocycles. The summed E-state index contributed by atoms with van der Waals surface area (Å²) in [6.07, 6.45) is 2.23. The molecule has 0 saturated carbocycles. The first kappa shape index (κ1) is 14.4. The Balaban J connectivity index is 1.38. The Labute approximate surface area is 125 Å². The van der Waals surface area contributed by atoms with Gasteiger partial charge in [-0.15, -0.1) is 0 Å². The lowest BCUT2D eigenvalue weighted by molar-refractivity contribution is -0.0607. The Kier molecular flexibility index (Phi) is 4.72. The van der Waals surface area contributed by atoms with Gasteiger partial charge in [0.2, 0.25) is 0 Å². The van der Waals surface area contributed by atoms with Crippen molar-refractivity contribution in [1.29, 1.82) is 0 Å². The van der Waals surface area contributed by atoms with Crippen LogP contribution in [0.25, 0.3) is 0 Å². The van der Waals surface area contributed by atoms with E-state index in [1.807, 2.05) is 30.3 Å². The zero-order chi connectivity index (χ0) is 14.5. The first-order valence-corrected chi connectivity index (χ1v) is 7.63. The van der Waals surface area contributed by atoms with Gasteiger partial charge in [0.15, 0.2) is 0 Å². The standard InChI is InChI=1S/C16H22N2O3/c19-16(20-12-13-4-2-1-3-5-13)18-8-6-14(7-9-18)21-15-10-17-11-15/h1-5,14-15,17H,6-12H2. The second-order valence-corrected chi connectivity index (χ2v) is 5.64. The maximum atomic E-state index is 12.0. The molecular weight excluding hydrogens is 268 g/mol. The van der Waals surface area contributed by atoms with Crippen molar-refractivity contribution in [1.82, 2.24) is 10.2 Å². The number of rotatable bonds is 4. The Bertz CT molecular complexity index is 454. The van der Waals surface area contributed by atoms with Crippen LogP contribution in [0.2, 0.25) is 0 Å². The fourth-order valence-corrected chi connectivity index (χ4v) is 2.62. The fraction of sp³-hybridized carbons (Fsp3) is 0.562. The molecule has 0 atom stereocenters. The molecule has 5 heteroatoms. The largest absolute Gasteiger partial charge is 0.445 e. The predicted molar refractivity (Wildman–Crippen MR) is 79.0 cm³/mol. The Morgan fingerprint density at radius 1 is 1.14 bits per heavy atom. The van der Waals surface area contributed by atoms with Crippen molar-refractivity contribution in [2.24, 2.45) is 0 Å². The molecular formula is C16H22N2O3. The molecule has 1 aromatic carbocycles. The lowest BCUT2D eigenvalue weighted by atomic mass is 10.1. The first-order valence-electron chi connectivity index (χ1n) is 7.63. The molecule has 21 heavy (non-hydrogen) atoms. The molecule has 2 aliphatic rings. The van der Waals surface area contributed by atoms with Crippen LogP contribution < -0.4 is 5.32 Å². The molecule has 2 heterocycles. The van der Waals surface area contributed by atoms with E-state index in [9.17, 15) is 4.79 Å². The summed E-state index contributed by atoms with van der Waals surface area (Å²) in [4.78, 5) is 13.8. The van der Waals surface area contributed by atoms with Crippen LogP contribution >= 0.6 is 0 Å². The lowest BCUT2D eigenvalue weighted by Crippen LogP contribution is -2.51. The lowest BCUT2D eigenvalue weighted by Gasteiger charge is -2.36. The first-order chi connectivity index (χ1) is 10.3. The predicted octanol–water partition coefficient (Wildman–Crippen LogP) is 1.78. The molecule has 0 radical (unpaired) electrons. The number of ether oxygens (including phenoxy) is 2. The third kappa shape index (κ3) is 3.95. The summed E-state index contributed by atoms with van der Waals surface area (Å²) in [7, 11) is 0. The van der Waals surface area contributed by atoms with Crippen LogP contribution in [0.1, 0.15) is 18.4 Å². The van der Waals surface area contributed by atoms with E-state index in [-0.39, 0.29) is 12.2 Å². The number of hydrogen-bond acceptors (Lipinski definition) is 4. The summed E-state index contributed by atoms with van der Waals surface area (Å²) in [6.45, 7) is 3.69. The van der Waals surface area contributed by atoms with Gasteiger partial charge in [-0.25, -0.2) is 4.79 Å². The summed E-state index contributed by atoms with van der Waals surface area (Å²) in [5.74, 6) is 0. The van der Waals surface area contributed by atoms with Crippen molar-refractivity contribution in [2.75, 3.05) is 26.2 Å². The monoisotopic (exact) mass is 290 g/mol. The topological polar surface area (TPSA) is 50.8 Å². The molecule has 2 aliphatic heterocycles. The molecule has 0 bridgehead atoms. The highest BCUT2D eigenvalue weighted by Gasteiger charge is 2.28. The molecule has 1 N–H and O–H groups in total. The van der Waals surface area contributed by atoms with E-state index < -0.39 is 0 Å². The van der Waals surface area contributed by atoms with Crippen LogP contribution in [-0.2, 0) is 16.1 Å². The molecule has 114 valence electrons. The highest BCUT2D eigenvalue weighted by atomic mass is 16.6. The van der Waals surface area contributed by atoms with E-state index in [4.69, 9.17) is 9.47 Å². The van der Waals surface area contributed by atoms with Gasteiger partial charge in [0.1, 0.15) is 6.61 Å². The number of amides is 1. The van der Waals surface area contributed by atoms with Crippen LogP contribution in [0.4, 0.5) is 4.79 Å². The highest BCUT2D eigenvalue weighted by molar-refractivity contribution is 5.67. The third-order valence-corrected chi connectivity index (χ3v) is 4.03. The fourth-order valence-electron chi connectivity index (χ4n) is 2.62. The van der Waals surface area contributed by atoms with E-state index >= 15 is 0 Å². The molecule has 1 aromatic rings. The molecule has 0 unspecified atom stereocenters. The summed E-state index contributed by atoms with van der Waals surface area (Å²) < 4.78 is 11.3. The number of hydrogen-bond donors (Lipinski definition) is 1. The second-order valence-electron chi connectivity index (χ2n) is 5.64. The van der Waals surface area contributed by atoms with Crippen molar-refractivity contribution in [3.63, 3.8) is 0 Å². The molecule has 2 saturated heterocycles.